The Morgan fingerprint density at radius 3 is 2.56 bits per heavy atom. The Morgan fingerprint density at radius 1 is 1.28 bits per heavy atom. The summed E-state index contributed by atoms with van der Waals surface area (Å²) in [5, 5.41) is 0. The minimum atomic E-state index is 0.754. The van der Waals surface area contributed by atoms with E-state index >= 15 is 0 Å². The fourth-order valence-corrected chi connectivity index (χ4v) is 2.28. The van der Waals surface area contributed by atoms with Crippen molar-refractivity contribution in [1.82, 2.24) is 4.90 Å². The van der Waals surface area contributed by atoms with Gasteiger partial charge in [0.2, 0.25) is 0 Å². The van der Waals surface area contributed by atoms with Crippen molar-refractivity contribution in [2.24, 2.45) is 5.92 Å². The largest absolute Gasteiger partial charge is 0.492 e. The highest BCUT2D eigenvalue weighted by molar-refractivity contribution is 5.41. The van der Waals surface area contributed by atoms with Crippen molar-refractivity contribution < 1.29 is 4.74 Å². The molecule has 1 aliphatic rings. The minimum absolute atomic E-state index is 0.754. The third-order valence-electron chi connectivity index (χ3n) is 3.74. The number of rotatable bonds is 7. The molecule has 2 N–H and O–H groups in total. The average Bonchev–Trinajstić information content (AvgIpc) is 2.33. The normalized spacial score (nSPS) is 15.7. The zero-order valence-electron chi connectivity index (χ0n) is 11.3. The molecule has 0 unspecified atom stereocenters. The monoisotopic (exact) mass is 248 g/mol. The first-order valence-corrected chi connectivity index (χ1v) is 6.98. The first-order chi connectivity index (χ1) is 8.78. The molecule has 0 atom stereocenters. The lowest BCUT2D eigenvalue weighted by molar-refractivity contribution is 0.158. The van der Waals surface area contributed by atoms with Crippen LogP contribution < -0.4 is 10.5 Å². The molecule has 1 aromatic carbocycles. The van der Waals surface area contributed by atoms with Crippen LogP contribution in [0.3, 0.4) is 0 Å². The number of hydrogen-bond donors (Lipinski definition) is 1. The van der Waals surface area contributed by atoms with Gasteiger partial charge in [-0.05, 0) is 49.6 Å². The molecule has 2 rings (SSSR count). The van der Waals surface area contributed by atoms with Crippen molar-refractivity contribution >= 4 is 5.69 Å². The van der Waals surface area contributed by atoms with Gasteiger partial charge in [-0.2, -0.15) is 0 Å². The van der Waals surface area contributed by atoms with Crippen LogP contribution in [-0.4, -0.2) is 31.1 Å². The third kappa shape index (κ3) is 3.91. The average molecular weight is 248 g/mol. The Balaban J connectivity index is 1.67. The van der Waals surface area contributed by atoms with Crippen molar-refractivity contribution in [2.75, 3.05) is 32.0 Å². The summed E-state index contributed by atoms with van der Waals surface area (Å²) in [6.07, 6.45) is 4.24. The van der Waals surface area contributed by atoms with Crippen LogP contribution in [0.5, 0.6) is 5.75 Å². The van der Waals surface area contributed by atoms with Gasteiger partial charge >= 0.3 is 0 Å². The van der Waals surface area contributed by atoms with Crippen LogP contribution in [0.4, 0.5) is 5.69 Å². The second-order valence-corrected chi connectivity index (χ2v) is 5.11. The van der Waals surface area contributed by atoms with Crippen molar-refractivity contribution in [3.63, 3.8) is 0 Å². The van der Waals surface area contributed by atoms with Gasteiger partial charge in [-0.25, -0.2) is 0 Å². The molecule has 0 aromatic heterocycles. The highest BCUT2D eigenvalue weighted by Gasteiger charge is 2.19. The van der Waals surface area contributed by atoms with Crippen LogP contribution in [0.25, 0.3) is 0 Å². The van der Waals surface area contributed by atoms with Gasteiger partial charge in [0.1, 0.15) is 12.4 Å². The summed E-state index contributed by atoms with van der Waals surface area (Å²) in [6.45, 7) is 6.34. The second-order valence-electron chi connectivity index (χ2n) is 5.11. The molecule has 0 heterocycles. The predicted octanol–water partition coefficient (Wildman–Crippen LogP) is 2.77. The molecular formula is C15H24N2O. The first kappa shape index (κ1) is 13.2. The number of hydrogen-bond acceptors (Lipinski definition) is 3. The molecule has 1 fully saturated rings. The Kier molecular flexibility index (Phi) is 4.88. The zero-order valence-corrected chi connectivity index (χ0v) is 11.3. The number of ether oxygens (including phenoxy) is 1. The molecule has 1 aromatic rings. The van der Waals surface area contributed by atoms with Crippen molar-refractivity contribution in [3.8, 4) is 5.75 Å². The van der Waals surface area contributed by atoms with Crippen molar-refractivity contribution in [2.45, 2.75) is 26.2 Å². The molecule has 1 aliphatic carbocycles. The van der Waals surface area contributed by atoms with E-state index in [-0.39, 0.29) is 0 Å². The maximum atomic E-state index is 5.73. The van der Waals surface area contributed by atoms with Crippen molar-refractivity contribution in [3.05, 3.63) is 24.3 Å². The van der Waals surface area contributed by atoms with Crippen LogP contribution in [0.1, 0.15) is 26.2 Å². The Bertz CT molecular complexity index is 346. The van der Waals surface area contributed by atoms with E-state index in [1.807, 2.05) is 24.3 Å². The molecule has 0 amide bonds. The summed E-state index contributed by atoms with van der Waals surface area (Å²) in [5.74, 6) is 1.84. The molecule has 0 saturated heterocycles. The van der Waals surface area contributed by atoms with E-state index in [9.17, 15) is 0 Å². The van der Waals surface area contributed by atoms with Crippen LogP contribution >= 0.6 is 0 Å². The minimum Gasteiger partial charge on any atom is -0.492 e. The maximum absolute atomic E-state index is 5.73. The van der Waals surface area contributed by atoms with E-state index in [0.29, 0.717) is 0 Å². The topological polar surface area (TPSA) is 38.5 Å². The highest BCUT2D eigenvalue weighted by atomic mass is 16.5. The fraction of sp³-hybridized carbons (Fsp3) is 0.600. The van der Waals surface area contributed by atoms with E-state index in [1.165, 1.54) is 25.8 Å². The maximum Gasteiger partial charge on any atom is 0.119 e. The van der Waals surface area contributed by atoms with Crippen molar-refractivity contribution in [1.29, 1.82) is 0 Å². The molecule has 1 saturated carbocycles. The Hall–Kier alpha value is -1.22. The number of nitrogens with two attached hydrogens (primary N) is 1. The van der Waals surface area contributed by atoms with Gasteiger partial charge in [0.15, 0.2) is 0 Å². The first-order valence-electron chi connectivity index (χ1n) is 6.98. The van der Waals surface area contributed by atoms with Gasteiger partial charge in [0.25, 0.3) is 0 Å². The molecule has 0 spiro atoms. The molecule has 100 valence electrons. The quantitative estimate of drug-likeness (QED) is 0.754. The smallest absolute Gasteiger partial charge is 0.119 e. The van der Waals surface area contributed by atoms with Gasteiger partial charge in [-0.3, -0.25) is 4.90 Å². The highest BCUT2D eigenvalue weighted by Crippen LogP contribution is 2.26. The standard InChI is InChI=1S/C15H24N2O/c1-2-17(12-13-4-3-5-13)10-11-18-15-8-6-14(16)7-9-15/h6-9,13H,2-5,10-12,16H2,1H3. The van der Waals surface area contributed by atoms with Crippen LogP contribution in [0.15, 0.2) is 24.3 Å². The lowest BCUT2D eigenvalue weighted by Crippen LogP contribution is -2.35. The van der Waals surface area contributed by atoms with E-state index < -0.39 is 0 Å². The van der Waals surface area contributed by atoms with E-state index in [0.717, 1.165) is 37.1 Å². The Morgan fingerprint density at radius 2 is 2.00 bits per heavy atom. The molecule has 0 radical (unpaired) electrons. The summed E-state index contributed by atoms with van der Waals surface area (Å²) >= 11 is 0. The summed E-state index contributed by atoms with van der Waals surface area (Å²) in [7, 11) is 0. The predicted molar refractivity (Wildman–Crippen MR) is 75.8 cm³/mol. The van der Waals surface area contributed by atoms with Gasteiger partial charge in [-0.15, -0.1) is 0 Å². The SMILES string of the molecule is CCN(CCOc1ccc(N)cc1)CC1CCC1. The lowest BCUT2D eigenvalue weighted by atomic mass is 9.85. The third-order valence-corrected chi connectivity index (χ3v) is 3.74. The summed E-state index contributed by atoms with van der Waals surface area (Å²) in [5.41, 5.74) is 6.42. The second kappa shape index (κ2) is 6.64. The van der Waals surface area contributed by atoms with Crippen LogP contribution in [-0.2, 0) is 0 Å². The number of nitrogens with zero attached hydrogens (tertiary/aromatic N) is 1. The number of likely N-dealkylation sites (N-methyl/N-ethyl adjacent to an activating group) is 1. The molecular weight excluding hydrogens is 224 g/mol. The van der Waals surface area contributed by atoms with Gasteiger partial charge < -0.3 is 10.5 Å². The van der Waals surface area contributed by atoms with Gasteiger partial charge in [0.05, 0.1) is 0 Å². The number of nitrogen functional groups attached to an aromatic ring is 1. The molecule has 3 heteroatoms. The van der Waals surface area contributed by atoms with Crippen LogP contribution in [0.2, 0.25) is 0 Å². The lowest BCUT2D eigenvalue weighted by Gasteiger charge is -2.31. The van der Waals surface area contributed by atoms with E-state index in [2.05, 4.69) is 11.8 Å². The van der Waals surface area contributed by atoms with E-state index in [4.69, 9.17) is 10.5 Å². The fourth-order valence-electron chi connectivity index (χ4n) is 2.28. The van der Waals surface area contributed by atoms with E-state index in [1.54, 1.807) is 0 Å². The van der Waals surface area contributed by atoms with Crippen LogP contribution in [0, 0.1) is 5.92 Å². The Labute approximate surface area is 110 Å². The molecule has 0 bridgehead atoms. The number of anilines is 1. The molecule has 18 heavy (non-hydrogen) atoms. The summed E-state index contributed by atoms with van der Waals surface area (Å²) in [6, 6.07) is 7.61. The summed E-state index contributed by atoms with van der Waals surface area (Å²) in [4.78, 5) is 2.49. The number of benzene rings is 1. The molecule has 3 nitrogen and oxygen atoms in total. The summed E-state index contributed by atoms with van der Waals surface area (Å²) < 4.78 is 5.73. The van der Waals surface area contributed by atoms with Gasteiger partial charge in [0, 0.05) is 18.8 Å². The molecule has 0 aliphatic heterocycles. The van der Waals surface area contributed by atoms with Gasteiger partial charge in [-0.1, -0.05) is 13.3 Å². The zero-order chi connectivity index (χ0) is 12.8.